The molecular formula is C20H23N3O2. The predicted octanol–water partition coefficient (Wildman–Crippen LogP) is 3.25. The van der Waals surface area contributed by atoms with E-state index in [4.69, 9.17) is 0 Å². The monoisotopic (exact) mass is 337 g/mol. The van der Waals surface area contributed by atoms with E-state index in [1.54, 1.807) is 24.3 Å². The number of hydrogen-bond donors (Lipinski definition) is 3. The summed E-state index contributed by atoms with van der Waals surface area (Å²) in [4.78, 5) is 23.4. The first-order valence-corrected chi connectivity index (χ1v) is 8.55. The third kappa shape index (κ3) is 4.25. The molecule has 1 fully saturated rings. The average Bonchev–Trinajstić information content (AvgIpc) is 2.54. The highest BCUT2D eigenvalue weighted by atomic mass is 16.2. The molecule has 0 saturated heterocycles. The number of nitrogens with one attached hydrogen (secondary N) is 3. The highest BCUT2D eigenvalue weighted by molar-refractivity contribution is 5.94. The lowest BCUT2D eigenvalue weighted by atomic mass is 9.72. The van der Waals surface area contributed by atoms with Crippen molar-refractivity contribution in [3.63, 3.8) is 0 Å². The zero-order valence-electron chi connectivity index (χ0n) is 14.3. The second-order valence-electron chi connectivity index (χ2n) is 6.47. The molecule has 0 radical (unpaired) electrons. The molecule has 0 atom stereocenters. The lowest BCUT2D eigenvalue weighted by molar-refractivity contribution is -0.116. The van der Waals surface area contributed by atoms with Crippen LogP contribution in [0.25, 0.3) is 0 Å². The quantitative estimate of drug-likeness (QED) is 0.758. The number of carbonyl (C=O) groups excluding carboxylic acids is 2. The van der Waals surface area contributed by atoms with Gasteiger partial charge in [0.15, 0.2) is 0 Å². The van der Waals surface area contributed by atoms with Crippen LogP contribution in [0.4, 0.5) is 11.4 Å². The van der Waals surface area contributed by atoms with Gasteiger partial charge in [0.05, 0.1) is 6.54 Å². The van der Waals surface area contributed by atoms with Gasteiger partial charge in [-0.25, -0.2) is 0 Å². The summed E-state index contributed by atoms with van der Waals surface area (Å²) in [5.41, 5.74) is 2.48. The molecule has 3 rings (SSSR count). The van der Waals surface area contributed by atoms with Crippen LogP contribution in [0, 0.1) is 0 Å². The Bertz CT molecular complexity index is 755. The lowest BCUT2D eigenvalue weighted by Crippen LogP contribution is -2.50. The molecule has 0 heterocycles. The molecule has 0 bridgehead atoms. The molecular weight excluding hydrogens is 314 g/mol. The number of carbonyl (C=O) groups is 2. The molecule has 3 N–H and O–H groups in total. The van der Waals surface area contributed by atoms with E-state index in [1.165, 1.54) is 18.9 Å². The Morgan fingerprint density at radius 1 is 0.960 bits per heavy atom. The Hall–Kier alpha value is -2.66. The van der Waals surface area contributed by atoms with Gasteiger partial charge in [0.25, 0.3) is 0 Å². The summed E-state index contributed by atoms with van der Waals surface area (Å²) in [6.07, 6.45) is 3.26. The first-order chi connectivity index (χ1) is 12.1. The number of benzene rings is 2. The molecule has 130 valence electrons. The number of hydrogen-bond acceptors (Lipinski definition) is 3. The molecule has 25 heavy (non-hydrogen) atoms. The van der Waals surface area contributed by atoms with Gasteiger partial charge in [0, 0.05) is 23.8 Å². The van der Waals surface area contributed by atoms with Crippen LogP contribution in [0.1, 0.15) is 31.7 Å². The second kappa shape index (κ2) is 7.49. The van der Waals surface area contributed by atoms with Crippen molar-refractivity contribution in [2.24, 2.45) is 0 Å². The van der Waals surface area contributed by atoms with Gasteiger partial charge in [0.2, 0.25) is 11.8 Å². The fourth-order valence-electron chi connectivity index (χ4n) is 3.19. The van der Waals surface area contributed by atoms with Crippen LogP contribution in [0.5, 0.6) is 0 Å². The molecule has 0 aromatic heterocycles. The zero-order valence-corrected chi connectivity index (χ0v) is 14.3. The van der Waals surface area contributed by atoms with E-state index in [0.29, 0.717) is 11.4 Å². The van der Waals surface area contributed by atoms with E-state index in [9.17, 15) is 9.59 Å². The first kappa shape index (κ1) is 17.2. The van der Waals surface area contributed by atoms with E-state index in [-0.39, 0.29) is 23.9 Å². The van der Waals surface area contributed by atoms with Crippen LogP contribution in [0.3, 0.4) is 0 Å². The highest BCUT2D eigenvalue weighted by Gasteiger charge is 2.38. The Balaban J connectivity index is 1.59. The topological polar surface area (TPSA) is 70.2 Å². The Kier molecular flexibility index (Phi) is 5.14. The van der Waals surface area contributed by atoms with Crippen molar-refractivity contribution >= 4 is 23.2 Å². The van der Waals surface area contributed by atoms with E-state index >= 15 is 0 Å². The number of anilines is 2. The van der Waals surface area contributed by atoms with Crippen LogP contribution >= 0.6 is 0 Å². The molecule has 5 nitrogen and oxygen atoms in total. The van der Waals surface area contributed by atoms with Crippen LogP contribution in [-0.2, 0) is 15.1 Å². The normalized spacial score (nSPS) is 15.1. The Morgan fingerprint density at radius 2 is 1.64 bits per heavy atom. The molecule has 2 aromatic carbocycles. The van der Waals surface area contributed by atoms with Crippen molar-refractivity contribution in [2.75, 3.05) is 17.2 Å². The van der Waals surface area contributed by atoms with Crippen molar-refractivity contribution in [3.05, 3.63) is 60.2 Å². The summed E-state index contributed by atoms with van der Waals surface area (Å²) in [6, 6.07) is 17.4. The van der Waals surface area contributed by atoms with Gasteiger partial charge >= 0.3 is 0 Å². The minimum absolute atomic E-state index is 0.0867. The first-order valence-electron chi connectivity index (χ1n) is 8.55. The maximum absolute atomic E-state index is 12.3. The van der Waals surface area contributed by atoms with Crippen molar-refractivity contribution < 1.29 is 9.59 Å². The van der Waals surface area contributed by atoms with Gasteiger partial charge in [0.1, 0.15) is 0 Å². The summed E-state index contributed by atoms with van der Waals surface area (Å²) in [7, 11) is 0. The van der Waals surface area contributed by atoms with Crippen LogP contribution in [-0.4, -0.2) is 18.4 Å². The molecule has 0 unspecified atom stereocenters. The summed E-state index contributed by atoms with van der Waals surface area (Å²) >= 11 is 0. The minimum Gasteiger partial charge on any atom is -0.326 e. The molecule has 0 aliphatic heterocycles. The van der Waals surface area contributed by atoms with E-state index in [0.717, 1.165) is 12.8 Å². The predicted molar refractivity (Wildman–Crippen MR) is 99.3 cm³/mol. The fourth-order valence-corrected chi connectivity index (χ4v) is 3.19. The number of amides is 2. The van der Waals surface area contributed by atoms with Gasteiger partial charge in [-0.3, -0.25) is 14.9 Å². The fraction of sp³-hybridized carbons (Fsp3) is 0.300. The zero-order chi connectivity index (χ0) is 17.7. The highest BCUT2D eigenvalue weighted by Crippen LogP contribution is 2.40. The second-order valence-corrected chi connectivity index (χ2v) is 6.47. The molecule has 2 aromatic rings. The van der Waals surface area contributed by atoms with E-state index in [2.05, 4.69) is 28.1 Å². The third-order valence-electron chi connectivity index (χ3n) is 4.59. The van der Waals surface area contributed by atoms with Crippen molar-refractivity contribution in [1.29, 1.82) is 0 Å². The minimum atomic E-state index is -0.139. The number of rotatable bonds is 6. The van der Waals surface area contributed by atoms with E-state index in [1.807, 2.05) is 18.2 Å². The molecule has 1 aliphatic rings. The van der Waals surface area contributed by atoms with Gasteiger partial charge in [-0.15, -0.1) is 0 Å². The summed E-state index contributed by atoms with van der Waals surface area (Å²) in [5.74, 6) is -0.234. The van der Waals surface area contributed by atoms with Gasteiger partial charge < -0.3 is 10.6 Å². The summed E-state index contributed by atoms with van der Waals surface area (Å²) in [5, 5.41) is 9.02. The molecule has 5 heteroatoms. The lowest BCUT2D eigenvalue weighted by Gasteiger charge is -2.43. The maximum Gasteiger partial charge on any atom is 0.238 e. The summed E-state index contributed by atoms with van der Waals surface area (Å²) < 4.78 is 0. The van der Waals surface area contributed by atoms with Gasteiger partial charge in [-0.05, 0) is 43.0 Å². The Morgan fingerprint density at radius 3 is 2.24 bits per heavy atom. The molecule has 1 saturated carbocycles. The molecule has 2 amide bonds. The molecule has 1 aliphatic carbocycles. The average molecular weight is 337 g/mol. The van der Waals surface area contributed by atoms with Crippen LogP contribution < -0.4 is 16.0 Å². The van der Waals surface area contributed by atoms with Crippen LogP contribution in [0.2, 0.25) is 0 Å². The van der Waals surface area contributed by atoms with Crippen LogP contribution in [0.15, 0.2) is 54.6 Å². The Labute approximate surface area is 147 Å². The van der Waals surface area contributed by atoms with Crippen molar-refractivity contribution in [2.45, 2.75) is 31.7 Å². The van der Waals surface area contributed by atoms with Crippen molar-refractivity contribution in [3.8, 4) is 0 Å². The largest absolute Gasteiger partial charge is 0.326 e. The van der Waals surface area contributed by atoms with Gasteiger partial charge in [-0.2, -0.15) is 0 Å². The molecule has 0 spiro atoms. The standard InChI is InChI=1S/C20H23N3O2/c1-15(24)22-17-9-5-10-18(13-17)23-19(25)14-21-20(11-6-12-20)16-7-3-2-4-8-16/h2-5,7-10,13,21H,6,11-12,14H2,1H3,(H,22,24)(H,23,25). The SMILES string of the molecule is CC(=O)Nc1cccc(NC(=O)CNC2(c3ccccc3)CCC2)c1. The third-order valence-corrected chi connectivity index (χ3v) is 4.59. The summed E-state index contributed by atoms with van der Waals surface area (Å²) in [6.45, 7) is 1.70. The van der Waals surface area contributed by atoms with Gasteiger partial charge in [-0.1, -0.05) is 36.4 Å². The smallest absolute Gasteiger partial charge is 0.238 e. The maximum atomic E-state index is 12.3. The van der Waals surface area contributed by atoms with Crippen molar-refractivity contribution in [1.82, 2.24) is 5.32 Å². The van der Waals surface area contributed by atoms with E-state index < -0.39 is 0 Å².